The maximum absolute atomic E-state index is 12.2. The van der Waals surface area contributed by atoms with Crippen LogP contribution in [-0.2, 0) is 9.59 Å². The Morgan fingerprint density at radius 1 is 0.963 bits per heavy atom. The molecule has 142 valence electrons. The molecule has 2 heterocycles. The number of nitrogens with zero attached hydrogens (tertiary/aromatic N) is 2. The van der Waals surface area contributed by atoms with Crippen LogP contribution in [0.1, 0.15) is 10.6 Å². The molecule has 1 fully saturated rings. The zero-order chi connectivity index (χ0) is 19.1. The quantitative estimate of drug-likeness (QED) is 0.809. The number of para-hydroxylation sites is 1. The van der Waals surface area contributed by atoms with Gasteiger partial charge in [0.15, 0.2) is 12.4 Å². The molecule has 27 heavy (non-hydrogen) atoms. The van der Waals surface area contributed by atoms with Gasteiger partial charge in [-0.1, -0.05) is 18.2 Å². The molecule has 3 amide bonds. The first-order chi connectivity index (χ1) is 13.1. The molecule has 0 aliphatic carbocycles. The van der Waals surface area contributed by atoms with E-state index in [1.807, 2.05) is 18.2 Å². The molecule has 8 nitrogen and oxygen atoms in total. The molecule has 0 saturated carbocycles. The van der Waals surface area contributed by atoms with E-state index < -0.39 is 0 Å². The van der Waals surface area contributed by atoms with Crippen molar-refractivity contribution >= 4 is 17.7 Å². The fraction of sp³-hybridized carbons (Fsp3) is 0.316. The predicted octanol–water partition coefficient (Wildman–Crippen LogP) is 0.759. The Balaban J connectivity index is 1.37. The van der Waals surface area contributed by atoms with Gasteiger partial charge in [0, 0.05) is 26.2 Å². The number of furan rings is 1. The van der Waals surface area contributed by atoms with Crippen LogP contribution in [0, 0.1) is 0 Å². The standard InChI is InChI=1S/C19H21N3O5/c23-17(14-27-15-5-2-1-3-6-15)20-13-18(24)21-8-10-22(11-9-21)19(25)16-7-4-12-26-16/h1-7,12H,8-11,13-14H2,(H,20,23). The van der Waals surface area contributed by atoms with E-state index in [4.69, 9.17) is 9.15 Å². The zero-order valence-corrected chi connectivity index (χ0v) is 14.8. The van der Waals surface area contributed by atoms with Crippen LogP contribution < -0.4 is 10.1 Å². The SMILES string of the molecule is O=C(COc1ccccc1)NCC(=O)N1CCN(C(=O)c2ccco2)CC1. The Morgan fingerprint density at radius 2 is 1.67 bits per heavy atom. The molecule has 2 aromatic rings. The number of nitrogens with one attached hydrogen (secondary N) is 1. The van der Waals surface area contributed by atoms with Gasteiger partial charge in [0.1, 0.15) is 5.75 Å². The van der Waals surface area contributed by atoms with Crippen molar-refractivity contribution in [3.8, 4) is 5.75 Å². The summed E-state index contributed by atoms with van der Waals surface area (Å²) in [7, 11) is 0. The van der Waals surface area contributed by atoms with Gasteiger partial charge in [0.2, 0.25) is 5.91 Å². The van der Waals surface area contributed by atoms with Crippen molar-refractivity contribution in [1.82, 2.24) is 15.1 Å². The number of piperazine rings is 1. The summed E-state index contributed by atoms with van der Waals surface area (Å²) in [5.74, 6) is 0.155. The summed E-state index contributed by atoms with van der Waals surface area (Å²) >= 11 is 0. The lowest BCUT2D eigenvalue weighted by Gasteiger charge is -2.34. The number of carbonyl (C=O) groups excluding carboxylic acids is 3. The Hall–Kier alpha value is -3.29. The Morgan fingerprint density at radius 3 is 2.33 bits per heavy atom. The molecule has 1 saturated heterocycles. The molecule has 0 bridgehead atoms. The van der Waals surface area contributed by atoms with E-state index in [0.717, 1.165) is 0 Å². The molecule has 0 atom stereocenters. The van der Waals surface area contributed by atoms with Gasteiger partial charge in [-0.15, -0.1) is 0 Å². The molecular weight excluding hydrogens is 350 g/mol. The lowest BCUT2D eigenvalue weighted by atomic mass is 10.2. The number of ether oxygens (including phenoxy) is 1. The summed E-state index contributed by atoms with van der Waals surface area (Å²) in [5, 5.41) is 2.56. The van der Waals surface area contributed by atoms with E-state index in [0.29, 0.717) is 37.7 Å². The molecule has 0 spiro atoms. The van der Waals surface area contributed by atoms with Crippen molar-refractivity contribution in [2.75, 3.05) is 39.3 Å². The van der Waals surface area contributed by atoms with Crippen LogP contribution in [0.3, 0.4) is 0 Å². The minimum atomic E-state index is -0.362. The fourth-order valence-corrected chi connectivity index (χ4v) is 2.72. The van der Waals surface area contributed by atoms with Gasteiger partial charge in [0.25, 0.3) is 11.8 Å². The number of amides is 3. The molecule has 1 aliphatic heterocycles. The first-order valence-corrected chi connectivity index (χ1v) is 8.68. The molecule has 1 aliphatic rings. The minimum absolute atomic E-state index is 0.0941. The van der Waals surface area contributed by atoms with Gasteiger partial charge in [-0.3, -0.25) is 14.4 Å². The maximum Gasteiger partial charge on any atom is 0.289 e. The van der Waals surface area contributed by atoms with E-state index in [1.54, 1.807) is 34.1 Å². The summed E-state index contributed by atoms with van der Waals surface area (Å²) in [6.07, 6.45) is 1.46. The van der Waals surface area contributed by atoms with E-state index in [2.05, 4.69) is 5.32 Å². The molecule has 0 radical (unpaired) electrons. The summed E-state index contributed by atoms with van der Waals surface area (Å²) in [5.41, 5.74) is 0. The number of carbonyl (C=O) groups is 3. The highest BCUT2D eigenvalue weighted by molar-refractivity contribution is 5.91. The van der Waals surface area contributed by atoms with Crippen LogP contribution in [-0.4, -0.2) is 66.9 Å². The monoisotopic (exact) mass is 371 g/mol. The second-order valence-electron chi connectivity index (χ2n) is 6.03. The average molecular weight is 371 g/mol. The third-order valence-electron chi connectivity index (χ3n) is 4.20. The lowest BCUT2D eigenvalue weighted by molar-refractivity contribution is -0.134. The molecule has 1 aromatic heterocycles. The van der Waals surface area contributed by atoms with Gasteiger partial charge in [0.05, 0.1) is 12.8 Å². The van der Waals surface area contributed by atoms with Gasteiger partial charge in [-0.25, -0.2) is 0 Å². The number of hydrogen-bond donors (Lipinski definition) is 1. The van der Waals surface area contributed by atoms with Crippen LogP contribution in [0.15, 0.2) is 53.1 Å². The minimum Gasteiger partial charge on any atom is -0.484 e. The average Bonchev–Trinajstić information content (AvgIpc) is 3.25. The first kappa shape index (κ1) is 18.5. The summed E-state index contributed by atoms with van der Waals surface area (Å²) < 4.78 is 10.4. The zero-order valence-electron chi connectivity index (χ0n) is 14.8. The fourth-order valence-electron chi connectivity index (χ4n) is 2.72. The Labute approximate surface area is 156 Å². The second-order valence-corrected chi connectivity index (χ2v) is 6.03. The third-order valence-corrected chi connectivity index (χ3v) is 4.20. The van der Waals surface area contributed by atoms with Gasteiger partial charge in [-0.2, -0.15) is 0 Å². The van der Waals surface area contributed by atoms with Crippen molar-refractivity contribution in [3.63, 3.8) is 0 Å². The van der Waals surface area contributed by atoms with E-state index >= 15 is 0 Å². The molecular formula is C19H21N3O5. The topological polar surface area (TPSA) is 92.1 Å². The van der Waals surface area contributed by atoms with Gasteiger partial charge in [-0.05, 0) is 24.3 Å². The molecule has 0 unspecified atom stereocenters. The highest BCUT2D eigenvalue weighted by Gasteiger charge is 2.26. The molecule has 1 N–H and O–H groups in total. The van der Waals surface area contributed by atoms with Crippen LogP contribution >= 0.6 is 0 Å². The summed E-state index contributed by atoms with van der Waals surface area (Å²) in [4.78, 5) is 39.5. The number of hydrogen-bond acceptors (Lipinski definition) is 5. The predicted molar refractivity (Wildman–Crippen MR) is 96.1 cm³/mol. The molecule has 3 rings (SSSR count). The van der Waals surface area contributed by atoms with Crippen molar-refractivity contribution in [2.24, 2.45) is 0 Å². The van der Waals surface area contributed by atoms with Gasteiger partial charge >= 0.3 is 0 Å². The third kappa shape index (κ3) is 5.10. The molecule has 8 heteroatoms. The highest BCUT2D eigenvalue weighted by atomic mass is 16.5. The second kappa shape index (κ2) is 8.88. The Bertz CT molecular complexity index is 768. The maximum atomic E-state index is 12.2. The Kier molecular flexibility index (Phi) is 6.09. The van der Waals surface area contributed by atoms with E-state index in [-0.39, 0.29) is 30.9 Å². The first-order valence-electron chi connectivity index (χ1n) is 8.68. The van der Waals surface area contributed by atoms with Crippen molar-refractivity contribution in [1.29, 1.82) is 0 Å². The number of benzene rings is 1. The van der Waals surface area contributed by atoms with Crippen LogP contribution in [0.2, 0.25) is 0 Å². The van der Waals surface area contributed by atoms with Gasteiger partial charge < -0.3 is 24.3 Å². The summed E-state index contributed by atoms with van der Waals surface area (Å²) in [6.45, 7) is 1.45. The van der Waals surface area contributed by atoms with E-state index in [1.165, 1.54) is 6.26 Å². The van der Waals surface area contributed by atoms with Crippen molar-refractivity contribution in [3.05, 3.63) is 54.5 Å². The normalized spacial score (nSPS) is 13.9. The highest BCUT2D eigenvalue weighted by Crippen LogP contribution is 2.10. The number of rotatable bonds is 6. The van der Waals surface area contributed by atoms with Crippen LogP contribution in [0.25, 0.3) is 0 Å². The summed E-state index contributed by atoms with van der Waals surface area (Å²) in [6, 6.07) is 12.3. The van der Waals surface area contributed by atoms with Crippen molar-refractivity contribution < 1.29 is 23.5 Å². The molecule has 1 aromatic carbocycles. The smallest absolute Gasteiger partial charge is 0.289 e. The van der Waals surface area contributed by atoms with Crippen LogP contribution in [0.5, 0.6) is 5.75 Å². The largest absolute Gasteiger partial charge is 0.484 e. The van der Waals surface area contributed by atoms with Crippen molar-refractivity contribution in [2.45, 2.75) is 0 Å². The lowest BCUT2D eigenvalue weighted by Crippen LogP contribution is -2.52. The van der Waals surface area contributed by atoms with Crippen LogP contribution in [0.4, 0.5) is 0 Å². The van der Waals surface area contributed by atoms with E-state index in [9.17, 15) is 14.4 Å².